The van der Waals surface area contributed by atoms with E-state index in [2.05, 4.69) is 26.6 Å². The number of aryl methyl sites for hydroxylation is 1. The van der Waals surface area contributed by atoms with Gasteiger partial charge in [-0.15, -0.1) is 0 Å². The number of halogens is 2. The average molecular weight is 534 g/mol. The lowest BCUT2D eigenvalue weighted by Crippen LogP contribution is -2.20. The first-order valence-electron chi connectivity index (χ1n) is 10.4. The first-order chi connectivity index (χ1) is 15.9. The van der Waals surface area contributed by atoms with Crippen molar-refractivity contribution in [3.05, 3.63) is 75.2 Å². The van der Waals surface area contributed by atoms with Gasteiger partial charge in [0, 0.05) is 22.4 Å². The Hall–Kier alpha value is -2.90. The van der Waals surface area contributed by atoms with Crippen molar-refractivity contribution in [3.63, 3.8) is 0 Å². The van der Waals surface area contributed by atoms with Crippen LogP contribution in [0.1, 0.15) is 18.1 Å². The van der Waals surface area contributed by atoms with Crippen LogP contribution in [0.3, 0.4) is 0 Å². The number of ether oxygens (including phenoxy) is 3. The molecule has 0 radical (unpaired) electrons. The number of anilines is 2. The number of carbonyl (C=O) groups is 1. The maximum atomic E-state index is 12.3. The zero-order valence-electron chi connectivity index (χ0n) is 18.7. The molecule has 1 amide bonds. The highest BCUT2D eigenvalue weighted by Gasteiger charge is 2.13. The minimum Gasteiger partial charge on any atom is -0.495 e. The number of rotatable bonds is 10. The maximum absolute atomic E-state index is 12.3. The number of nitrogens with one attached hydrogen (secondary N) is 2. The second-order valence-electron chi connectivity index (χ2n) is 7.23. The zero-order chi connectivity index (χ0) is 23.8. The molecule has 0 atom stereocenters. The lowest BCUT2D eigenvalue weighted by molar-refractivity contribution is -0.118. The number of methoxy groups -OCH3 is 1. The number of benzene rings is 3. The summed E-state index contributed by atoms with van der Waals surface area (Å²) in [5.74, 6) is 1.42. The molecule has 0 aliphatic rings. The lowest BCUT2D eigenvalue weighted by atomic mass is 10.2. The van der Waals surface area contributed by atoms with E-state index in [1.807, 2.05) is 68.4 Å². The highest BCUT2D eigenvalue weighted by molar-refractivity contribution is 9.10. The summed E-state index contributed by atoms with van der Waals surface area (Å²) in [5, 5.41) is 6.69. The molecule has 0 fully saturated rings. The molecule has 0 aliphatic heterocycles. The van der Waals surface area contributed by atoms with Crippen LogP contribution in [-0.2, 0) is 11.3 Å². The van der Waals surface area contributed by atoms with E-state index in [4.69, 9.17) is 25.8 Å². The van der Waals surface area contributed by atoms with E-state index in [9.17, 15) is 4.79 Å². The minimum atomic E-state index is -0.250. The van der Waals surface area contributed by atoms with Gasteiger partial charge in [-0.1, -0.05) is 45.2 Å². The normalized spacial score (nSPS) is 10.5. The maximum Gasteiger partial charge on any atom is 0.262 e. The van der Waals surface area contributed by atoms with Gasteiger partial charge in [0.25, 0.3) is 5.91 Å². The van der Waals surface area contributed by atoms with Crippen molar-refractivity contribution in [2.75, 3.05) is 31.0 Å². The SMILES string of the molecule is CCOc1cc(CNc2ccc(OC)c(Cl)c2)c(Br)cc1OCC(=O)Nc1ccc(C)cc1. The fourth-order valence-electron chi connectivity index (χ4n) is 3.04. The third-order valence-electron chi connectivity index (χ3n) is 4.74. The summed E-state index contributed by atoms with van der Waals surface area (Å²) in [4.78, 5) is 12.3. The molecule has 8 heteroatoms. The summed E-state index contributed by atoms with van der Waals surface area (Å²) >= 11 is 9.79. The van der Waals surface area contributed by atoms with Gasteiger partial charge in [-0.05, 0) is 61.9 Å². The minimum absolute atomic E-state index is 0.137. The Morgan fingerprint density at radius 1 is 0.970 bits per heavy atom. The van der Waals surface area contributed by atoms with Crippen LogP contribution in [0.15, 0.2) is 59.1 Å². The topological polar surface area (TPSA) is 68.8 Å². The molecule has 0 aliphatic carbocycles. The molecular formula is C25H26BrClN2O4. The fraction of sp³-hybridized carbons (Fsp3) is 0.240. The molecule has 2 N–H and O–H groups in total. The average Bonchev–Trinajstić information content (AvgIpc) is 2.80. The van der Waals surface area contributed by atoms with Gasteiger partial charge in [-0.2, -0.15) is 0 Å². The molecule has 0 spiro atoms. The van der Waals surface area contributed by atoms with Crippen LogP contribution in [0.2, 0.25) is 5.02 Å². The second kappa shape index (κ2) is 11.8. The van der Waals surface area contributed by atoms with Crippen molar-refractivity contribution in [2.45, 2.75) is 20.4 Å². The molecule has 174 valence electrons. The predicted octanol–water partition coefficient (Wildman–Crippen LogP) is 6.45. The van der Waals surface area contributed by atoms with E-state index in [0.29, 0.717) is 35.4 Å². The molecule has 0 aromatic heterocycles. The Kier molecular flexibility index (Phi) is 8.86. The van der Waals surface area contributed by atoms with Gasteiger partial charge in [-0.3, -0.25) is 4.79 Å². The van der Waals surface area contributed by atoms with Crippen LogP contribution in [0.25, 0.3) is 0 Å². The number of carbonyl (C=O) groups excluding carboxylic acids is 1. The van der Waals surface area contributed by atoms with Gasteiger partial charge in [0.05, 0.1) is 18.7 Å². The number of hydrogen-bond donors (Lipinski definition) is 2. The molecule has 3 aromatic rings. The van der Waals surface area contributed by atoms with Crippen LogP contribution in [0.4, 0.5) is 11.4 Å². The Labute approximate surface area is 207 Å². The number of amides is 1. The van der Waals surface area contributed by atoms with Gasteiger partial charge in [0.1, 0.15) is 5.75 Å². The van der Waals surface area contributed by atoms with Crippen LogP contribution < -0.4 is 24.8 Å². The first-order valence-corrected chi connectivity index (χ1v) is 11.6. The van der Waals surface area contributed by atoms with Crippen molar-refractivity contribution in [1.29, 1.82) is 0 Å². The molecule has 0 bridgehead atoms. The Morgan fingerprint density at radius 3 is 2.33 bits per heavy atom. The van der Waals surface area contributed by atoms with Gasteiger partial charge < -0.3 is 24.8 Å². The summed E-state index contributed by atoms with van der Waals surface area (Å²) in [7, 11) is 1.58. The largest absolute Gasteiger partial charge is 0.495 e. The molecule has 0 saturated heterocycles. The first kappa shape index (κ1) is 24.7. The van der Waals surface area contributed by atoms with Crippen molar-refractivity contribution in [2.24, 2.45) is 0 Å². The van der Waals surface area contributed by atoms with Gasteiger partial charge in [-0.25, -0.2) is 0 Å². The molecule has 0 saturated carbocycles. The van der Waals surface area contributed by atoms with Gasteiger partial charge >= 0.3 is 0 Å². The van der Waals surface area contributed by atoms with Crippen molar-refractivity contribution in [3.8, 4) is 17.2 Å². The summed E-state index contributed by atoms with van der Waals surface area (Å²) in [6, 6.07) is 16.8. The monoisotopic (exact) mass is 532 g/mol. The Balaban J connectivity index is 1.66. The summed E-state index contributed by atoms with van der Waals surface area (Å²) in [5.41, 5.74) is 3.67. The van der Waals surface area contributed by atoms with E-state index in [0.717, 1.165) is 27.0 Å². The van der Waals surface area contributed by atoms with E-state index in [-0.39, 0.29) is 12.5 Å². The lowest BCUT2D eigenvalue weighted by Gasteiger charge is -2.16. The second-order valence-corrected chi connectivity index (χ2v) is 8.49. The van der Waals surface area contributed by atoms with Gasteiger partial charge in [0.15, 0.2) is 18.1 Å². The smallest absolute Gasteiger partial charge is 0.262 e. The van der Waals surface area contributed by atoms with E-state index < -0.39 is 0 Å². The van der Waals surface area contributed by atoms with E-state index in [1.54, 1.807) is 7.11 Å². The molecule has 0 unspecified atom stereocenters. The Bertz CT molecular complexity index is 1110. The third-order valence-corrected chi connectivity index (χ3v) is 5.78. The summed E-state index contributed by atoms with van der Waals surface area (Å²) < 4.78 is 17.5. The number of hydrogen-bond acceptors (Lipinski definition) is 5. The van der Waals surface area contributed by atoms with Crippen molar-refractivity contribution < 1.29 is 19.0 Å². The van der Waals surface area contributed by atoms with Crippen LogP contribution >= 0.6 is 27.5 Å². The molecule has 3 rings (SSSR count). The van der Waals surface area contributed by atoms with Gasteiger partial charge in [0.2, 0.25) is 0 Å². The Morgan fingerprint density at radius 2 is 1.67 bits per heavy atom. The molecular weight excluding hydrogens is 508 g/mol. The fourth-order valence-corrected chi connectivity index (χ4v) is 3.76. The molecule has 3 aromatic carbocycles. The standard InChI is InChI=1S/C25H26BrClN2O4/c1-4-32-23-11-17(14-28-19-9-10-22(31-3)21(27)12-19)20(26)13-24(23)33-15-25(30)29-18-7-5-16(2)6-8-18/h5-13,28H,4,14-15H2,1-3H3,(H,29,30). The van der Waals surface area contributed by atoms with Crippen molar-refractivity contribution in [1.82, 2.24) is 0 Å². The highest BCUT2D eigenvalue weighted by atomic mass is 79.9. The quantitative estimate of drug-likeness (QED) is 0.313. The van der Waals surface area contributed by atoms with E-state index >= 15 is 0 Å². The molecule has 0 heterocycles. The van der Waals surface area contributed by atoms with Crippen LogP contribution in [0, 0.1) is 6.92 Å². The van der Waals surface area contributed by atoms with Crippen LogP contribution in [-0.4, -0.2) is 26.2 Å². The predicted molar refractivity (Wildman–Crippen MR) is 136 cm³/mol. The third kappa shape index (κ3) is 7.04. The molecule has 6 nitrogen and oxygen atoms in total. The molecule has 33 heavy (non-hydrogen) atoms. The van der Waals surface area contributed by atoms with E-state index in [1.165, 1.54) is 0 Å². The zero-order valence-corrected chi connectivity index (χ0v) is 21.0. The highest BCUT2D eigenvalue weighted by Crippen LogP contribution is 2.35. The van der Waals surface area contributed by atoms with Crippen molar-refractivity contribution >= 4 is 44.8 Å². The van der Waals surface area contributed by atoms with Crippen LogP contribution in [0.5, 0.6) is 17.2 Å². The summed E-state index contributed by atoms with van der Waals surface area (Å²) in [6.07, 6.45) is 0. The summed E-state index contributed by atoms with van der Waals surface area (Å²) in [6.45, 7) is 4.74.